The van der Waals surface area contributed by atoms with E-state index in [1.807, 2.05) is 13.8 Å². The third kappa shape index (κ3) is 2.93. The Kier molecular flexibility index (Phi) is 3.93. The van der Waals surface area contributed by atoms with E-state index in [9.17, 15) is 9.50 Å². The van der Waals surface area contributed by atoms with E-state index < -0.39 is 17.5 Å². The van der Waals surface area contributed by atoms with Gasteiger partial charge in [-0.2, -0.15) is 4.98 Å². The molecule has 1 aliphatic rings. The minimum absolute atomic E-state index is 0.0258. The number of benzene rings is 1. The number of hydrogen-bond acceptors (Lipinski definition) is 6. The summed E-state index contributed by atoms with van der Waals surface area (Å²) in [5.41, 5.74) is 1.10. The lowest BCUT2D eigenvalue weighted by atomic mass is 9.92. The predicted octanol–water partition coefficient (Wildman–Crippen LogP) is 3.67. The van der Waals surface area contributed by atoms with Gasteiger partial charge in [0.2, 0.25) is 11.7 Å². The van der Waals surface area contributed by atoms with E-state index in [2.05, 4.69) is 15.1 Å². The maximum atomic E-state index is 13.6. The Balaban J connectivity index is 1.66. The Hall–Kier alpha value is -2.51. The monoisotopic (exact) mass is 375 g/mol. The fourth-order valence-electron chi connectivity index (χ4n) is 2.72. The summed E-state index contributed by atoms with van der Waals surface area (Å²) in [6, 6.07) is 6.08. The molecule has 1 aliphatic heterocycles. The summed E-state index contributed by atoms with van der Waals surface area (Å²) in [5, 5.41) is 14.1. The van der Waals surface area contributed by atoms with Gasteiger partial charge in [0.15, 0.2) is 0 Å². The Morgan fingerprint density at radius 2 is 2.08 bits per heavy atom. The molecule has 0 spiro atoms. The molecule has 0 bridgehead atoms. The van der Waals surface area contributed by atoms with Crippen molar-refractivity contribution in [2.24, 2.45) is 0 Å². The van der Waals surface area contributed by atoms with Gasteiger partial charge < -0.3 is 14.4 Å². The van der Waals surface area contributed by atoms with Crippen molar-refractivity contribution in [3.8, 4) is 28.7 Å². The van der Waals surface area contributed by atoms with E-state index in [0.29, 0.717) is 23.4 Å². The topological polar surface area (TPSA) is 81.3 Å². The van der Waals surface area contributed by atoms with Crippen molar-refractivity contribution in [2.75, 3.05) is 0 Å². The number of rotatable bonds is 2. The Bertz CT molecular complexity index is 990. The minimum atomic E-state index is -0.697. The van der Waals surface area contributed by atoms with E-state index in [-0.39, 0.29) is 16.7 Å². The first-order valence-electron chi connectivity index (χ1n) is 7.99. The lowest BCUT2D eigenvalue weighted by molar-refractivity contribution is -0.0442. The van der Waals surface area contributed by atoms with Gasteiger partial charge in [-0.05, 0) is 38.1 Å². The fourth-order valence-corrected chi connectivity index (χ4v) is 2.83. The van der Waals surface area contributed by atoms with Crippen molar-refractivity contribution < 1.29 is 18.8 Å². The molecule has 0 aliphatic carbocycles. The normalized spacial score (nSPS) is 18.3. The summed E-state index contributed by atoms with van der Waals surface area (Å²) in [4.78, 5) is 8.58. The molecule has 0 fully saturated rings. The van der Waals surface area contributed by atoms with Crippen molar-refractivity contribution in [1.82, 2.24) is 15.1 Å². The number of nitrogens with zero attached hydrogens (tertiary/aromatic N) is 3. The fraction of sp³-hybridized carbons (Fsp3) is 0.278. The number of halogens is 2. The van der Waals surface area contributed by atoms with E-state index >= 15 is 0 Å². The molecule has 1 atom stereocenters. The molecule has 134 valence electrons. The molecule has 4 rings (SSSR count). The van der Waals surface area contributed by atoms with E-state index in [1.165, 1.54) is 12.1 Å². The van der Waals surface area contributed by atoms with Crippen molar-refractivity contribution >= 4 is 11.6 Å². The Morgan fingerprint density at radius 1 is 1.27 bits per heavy atom. The molecule has 8 heteroatoms. The minimum Gasteiger partial charge on any atom is -0.469 e. The predicted molar refractivity (Wildman–Crippen MR) is 92.4 cm³/mol. The molecule has 3 aromatic rings. The van der Waals surface area contributed by atoms with Crippen molar-refractivity contribution in [3.63, 3.8) is 0 Å². The van der Waals surface area contributed by atoms with Crippen LogP contribution in [-0.4, -0.2) is 31.9 Å². The van der Waals surface area contributed by atoms with E-state index in [4.69, 9.17) is 20.9 Å². The van der Waals surface area contributed by atoms with Gasteiger partial charge in [0.25, 0.3) is 5.89 Å². The van der Waals surface area contributed by atoms with Gasteiger partial charge in [0.05, 0.1) is 16.7 Å². The van der Waals surface area contributed by atoms with Crippen LogP contribution in [0, 0.1) is 5.82 Å². The zero-order chi connectivity index (χ0) is 18.5. The van der Waals surface area contributed by atoms with Gasteiger partial charge in [0, 0.05) is 23.7 Å². The number of hydrogen-bond donors (Lipinski definition) is 1. The highest BCUT2D eigenvalue weighted by Gasteiger charge is 2.36. The zero-order valence-electron chi connectivity index (χ0n) is 14.0. The second kappa shape index (κ2) is 6.03. The molecule has 0 amide bonds. The zero-order valence-corrected chi connectivity index (χ0v) is 14.8. The highest BCUT2D eigenvalue weighted by Crippen LogP contribution is 2.34. The number of fused-ring (bicyclic) bond motifs is 1. The number of pyridine rings is 1. The number of aliphatic hydroxyl groups excluding tert-OH is 1. The molecule has 3 heterocycles. The van der Waals surface area contributed by atoms with Gasteiger partial charge in [-0.1, -0.05) is 16.8 Å². The van der Waals surface area contributed by atoms with Gasteiger partial charge >= 0.3 is 0 Å². The lowest BCUT2D eigenvalue weighted by Crippen LogP contribution is -2.46. The smallest absolute Gasteiger partial charge is 0.259 e. The molecular formula is C18H15ClFN3O3. The van der Waals surface area contributed by atoms with Crippen LogP contribution in [0.2, 0.25) is 5.02 Å². The van der Waals surface area contributed by atoms with Gasteiger partial charge in [0.1, 0.15) is 11.4 Å². The molecule has 0 saturated heterocycles. The second-order valence-corrected chi connectivity index (χ2v) is 7.07. The van der Waals surface area contributed by atoms with Crippen LogP contribution in [0.4, 0.5) is 4.39 Å². The molecule has 1 N–H and O–H groups in total. The third-order valence-electron chi connectivity index (χ3n) is 4.35. The lowest BCUT2D eigenvalue weighted by Gasteiger charge is -2.36. The number of aromatic nitrogens is 3. The maximum Gasteiger partial charge on any atom is 0.259 e. The van der Waals surface area contributed by atoms with Crippen molar-refractivity contribution in [3.05, 3.63) is 46.9 Å². The van der Waals surface area contributed by atoms with Crippen LogP contribution < -0.4 is 4.74 Å². The molecule has 0 saturated carbocycles. The molecular weight excluding hydrogens is 361 g/mol. The van der Waals surface area contributed by atoms with Crippen LogP contribution in [0.25, 0.3) is 22.8 Å². The molecule has 1 aromatic carbocycles. The third-order valence-corrected chi connectivity index (χ3v) is 4.66. The SMILES string of the molecule is CC1(C)Oc2ncc(-c3nc(-c4ccc(Cl)c(F)c4)no3)cc2C[C@@H]1O. The van der Waals surface area contributed by atoms with E-state index in [1.54, 1.807) is 18.3 Å². The molecule has 6 nitrogen and oxygen atoms in total. The van der Waals surface area contributed by atoms with Gasteiger partial charge in [-0.25, -0.2) is 9.37 Å². The first kappa shape index (κ1) is 16.9. The molecule has 0 unspecified atom stereocenters. The van der Waals surface area contributed by atoms with Crippen LogP contribution in [-0.2, 0) is 6.42 Å². The Morgan fingerprint density at radius 3 is 2.85 bits per heavy atom. The largest absolute Gasteiger partial charge is 0.469 e. The summed E-state index contributed by atoms with van der Waals surface area (Å²) in [6.07, 6.45) is 1.32. The summed E-state index contributed by atoms with van der Waals surface area (Å²) in [6.45, 7) is 3.62. The van der Waals surface area contributed by atoms with Crippen LogP contribution in [0.15, 0.2) is 35.0 Å². The average Bonchev–Trinajstić information content (AvgIpc) is 3.08. The maximum absolute atomic E-state index is 13.6. The quantitative estimate of drug-likeness (QED) is 0.736. The number of ether oxygens (including phenoxy) is 1. The summed E-state index contributed by atoms with van der Waals surface area (Å²) >= 11 is 5.69. The van der Waals surface area contributed by atoms with Crippen LogP contribution in [0.1, 0.15) is 19.4 Å². The summed E-state index contributed by atoms with van der Waals surface area (Å²) < 4.78 is 24.6. The van der Waals surface area contributed by atoms with Gasteiger partial charge in [-0.3, -0.25) is 0 Å². The van der Waals surface area contributed by atoms with E-state index in [0.717, 1.165) is 5.56 Å². The Labute approximate surface area is 153 Å². The van der Waals surface area contributed by atoms with Crippen LogP contribution >= 0.6 is 11.6 Å². The van der Waals surface area contributed by atoms with Crippen molar-refractivity contribution in [1.29, 1.82) is 0 Å². The van der Waals surface area contributed by atoms with Crippen LogP contribution in [0.3, 0.4) is 0 Å². The molecule has 2 aromatic heterocycles. The first-order chi connectivity index (χ1) is 12.3. The first-order valence-corrected chi connectivity index (χ1v) is 8.37. The molecule has 26 heavy (non-hydrogen) atoms. The average molecular weight is 376 g/mol. The highest BCUT2D eigenvalue weighted by molar-refractivity contribution is 6.30. The van der Waals surface area contributed by atoms with Crippen molar-refractivity contribution in [2.45, 2.75) is 32.0 Å². The summed E-state index contributed by atoms with van der Waals surface area (Å²) in [7, 11) is 0. The number of aliphatic hydroxyl groups is 1. The highest BCUT2D eigenvalue weighted by atomic mass is 35.5. The summed E-state index contributed by atoms with van der Waals surface area (Å²) in [5.74, 6) is 0.402. The standard InChI is InChI=1S/C18H15ClFN3O3/c1-18(2)14(24)7-10-5-11(8-21-16(10)25-18)17-22-15(23-26-17)9-3-4-12(19)13(20)6-9/h3-6,8,14,24H,7H2,1-2H3/t14-/m0/s1. The van der Waals surface area contributed by atoms with Crippen LogP contribution in [0.5, 0.6) is 5.88 Å². The van der Waals surface area contributed by atoms with Gasteiger partial charge in [-0.15, -0.1) is 0 Å². The second-order valence-electron chi connectivity index (χ2n) is 6.67. The molecule has 0 radical (unpaired) electrons.